The Morgan fingerprint density at radius 1 is 1.14 bits per heavy atom. The molecule has 0 saturated carbocycles. The van der Waals surface area contributed by atoms with Crippen LogP contribution in [0.15, 0.2) is 49.1 Å². The number of pyridine rings is 2. The molecule has 0 N–H and O–H groups in total. The van der Waals surface area contributed by atoms with Crippen LogP contribution in [0.25, 0.3) is 10.9 Å². The van der Waals surface area contributed by atoms with Gasteiger partial charge in [-0.05, 0) is 52.1 Å². The van der Waals surface area contributed by atoms with Crippen molar-refractivity contribution in [2.24, 2.45) is 0 Å². The summed E-state index contributed by atoms with van der Waals surface area (Å²) in [5.41, 5.74) is 0.215. The molecule has 0 atom stereocenters. The lowest BCUT2D eigenvalue weighted by atomic mass is 9.90. The fraction of sp³-hybridized carbons (Fsp3) is 0.333. The molecule has 3 aromatic heterocycles. The second-order valence-corrected chi connectivity index (χ2v) is 7.65. The van der Waals surface area contributed by atoms with Crippen molar-refractivity contribution in [3.05, 3.63) is 64.3 Å². The van der Waals surface area contributed by atoms with E-state index in [9.17, 15) is 10.1 Å². The summed E-state index contributed by atoms with van der Waals surface area (Å²) in [6, 6.07) is 6.79. The molecule has 0 bridgehead atoms. The monoisotopic (exact) mass is 402 g/mol. The molecular weight excluding hydrogens is 382 g/mol. The van der Waals surface area contributed by atoms with E-state index in [0.717, 1.165) is 10.9 Å². The molecular formula is C18H20BClN4O4. The van der Waals surface area contributed by atoms with Gasteiger partial charge in [0.15, 0.2) is 0 Å². The molecule has 1 fully saturated rings. The van der Waals surface area contributed by atoms with E-state index in [0.29, 0.717) is 0 Å². The molecule has 0 aromatic carbocycles. The van der Waals surface area contributed by atoms with Gasteiger partial charge in [0.25, 0.3) is 0 Å². The number of rotatable bonds is 2. The first kappa shape index (κ1) is 20.3. The van der Waals surface area contributed by atoms with Crippen LogP contribution in [0.1, 0.15) is 27.7 Å². The molecule has 0 aliphatic carbocycles. The molecule has 28 heavy (non-hydrogen) atoms. The highest BCUT2D eigenvalue weighted by atomic mass is 35.5. The molecule has 1 saturated heterocycles. The van der Waals surface area contributed by atoms with Crippen LogP contribution in [0.4, 0.5) is 5.69 Å². The lowest BCUT2D eigenvalue weighted by Gasteiger charge is -2.32. The van der Waals surface area contributed by atoms with Gasteiger partial charge in [0.2, 0.25) is 5.15 Å². The van der Waals surface area contributed by atoms with Crippen molar-refractivity contribution in [3.63, 3.8) is 0 Å². The zero-order valence-corrected chi connectivity index (χ0v) is 16.8. The Balaban J connectivity index is 0.000000192. The van der Waals surface area contributed by atoms with Crippen LogP contribution < -0.4 is 0 Å². The minimum atomic E-state index is -0.574. The molecule has 1 aliphatic heterocycles. The molecule has 10 heteroatoms. The fourth-order valence-electron chi connectivity index (χ4n) is 2.62. The Morgan fingerprint density at radius 2 is 1.82 bits per heavy atom. The van der Waals surface area contributed by atoms with Crippen LogP contribution >= 0.6 is 11.6 Å². The largest absolute Gasteiger partial charge is 0.598 e. The number of hydrogen-bond acceptors (Lipinski definition) is 6. The molecule has 0 unspecified atom stereocenters. The molecule has 4 rings (SSSR count). The predicted molar refractivity (Wildman–Crippen MR) is 107 cm³/mol. The van der Waals surface area contributed by atoms with Gasteiger partial charge in [0, 0.05) is 23.8 Å². The van der Waals surface area contributed by atoms with Gasteiger partial charge in [-0.3, -0.25) is 15.1 Å². The van der Waals surface area contributed by atoms with Crippen LogP contribution in [0.5, 0.6) is 0 Å². The Hall–Kier alpha value is -2.49. The summed E-state index contributed by atoms with van der Waals surface area (Å²) in [5, 5.41) is 11.2. The molecule has 0 radical (unpaired) electrons. The van der Waals surface area contributed by atoms with E-state index in [4.69, 9.17) is 20.9 Å². The number of hydrogen-bond donors (Lipinski definition) is 0. The number of nitro groups is 1. The maximum atomic E-state index is 10.1. The number of halogens is 1. The number of nitrogens with zero attached hydrogens (tertiary/aromatic N) is 4. The third kappa shape index (κ3) is 3.87. The summed E-state index contributed by atoms with van der Waals surface area (Å²) in [6.07, 6.45) is 7.00. The van der Waals surface area contributed by atoms with Crippen LogP contribution in [0.3, 0.4) is 0 Å². The molecule has 0 spiro atoms. The molecule has 8 nitrogen and oxygen atoms in total. The molecule has 1 aliphatic rings. The van der Waals surface area contributed by atoms with Crippen LogP contribution in [-0.4, -0.2) is 37.8 Å². The first-order chi connectivity index (χ1) is 13.1. The van der Waals surface area contributed by atoms with Crippen molar-refractivity contribution in [1.82, 2.24) is 14.4 Å². The average molecular weight is 403 g/mol. The van der Waals surface area contributed by atoms with Gasteiger partial charge in [0.05, 0.1) is 27.8 Å². The number of aromatic nitrogens is 3. The summed E-state index contributed by atoms with van der Waals surface area (Å²) in [4.78, 5) is 17.2. The molecule has 0 amide bonds. The van der Waals surface area contributed by atoms with Gasteiger partial charge in [0.1, 0.15) is 0 Å². The second-order valence-electron chi connectivity index (χ2n) is 7.29. The van der Waals surface area contributed by atoms with E-state index in [1.54, 1.807) is 6.20 Å². The average Bonchev–Trinajstić information content (AvgIpc) is 3.14. The van der Waals surface area contributed by atoms with Crippen LogP contribution in [0, 0.1) is 10.1 Å². The third-order valence-electron chi connectivity index (χ3n) is 4.93. The summed E-state index contributed by atoms with van der Waals surface area (Å²) >= 11 is 5.37. The second kappa shape index (κ2) is 7.50. The highest BCUT2D eigenvalue weighted by molar-refractivity contribution is 6.45. The number of fused-ring (bicyclic) bond motifs is 1. The third-order valence-corrected chi connectivity index (χ3v) is 5.22. The van der Waals surface area contributed by atoms with E-state index in [-0.39, 0.29) is 22.0 Å². The lowest BCUT2D eigenvalue weighted by molar-refractivity contribution is -0.385. The van der Waals surface area contributed by atoms with Gasteiger partial charge >= 0.3 is 12.9 Å². The fourth-order valence-corrected chi connectivity index (χ4v) is 2.81. The first-order valence-electron chi connectivity index (χ1n) is 8.63. The van der Waals surface area contributed by atoms with Crippen molar-refractivity contribution in [2.45, 2.75) is 38.9 Å². The lowest BCUT2D eigenvalue weighted by Crippen LogP contribution is -2.41. The van der Waals surface area contributed by atoms with Crippen molar-refractivity contribution in [3.8, 4) is 0 Å². The normalized spacial score (nSPS) is 17.2. The molecule has 4 heterocycles. The summed E-state index contributed by atoms with van der Waals surface area (Å²) in [6.45, 7) is 8.21. The van der Waals surface area contributed by atoms with Crippen molar-refractivity contribution >= 4 is 35.4 Å². The zero-order chi connectivity index (χ0) is 20.5. The maximum absolute atomic E-state index is 10.1. The Labute approximate surface area is 167 Å². The van der Waals surface area contributed by atoms with Crippen LogP contribution in [-0.2, 0) is 9.31 Å². The summed E-state index contributed by atoms with van der Waals surface area (Å²) < 4.78 is 14.0. The van der Waals surface area contributed by atoms with Crippen molar-refractivity contribution < 1.29 is 14.2 Å². The van der Waals surface area contributed by atoms with Crippen molar-refractivity contribution in [2.75, 3.05) is 0 Å². The zero-order valence-electron chi connectivity index (χ0n) is 16.0. The highest BCUT2D eigenvalue weighted by Gasteiger charge is 2.52. The van der Waals surface area contributed by atoms with E-state index in [1.165, 1.54) is 18.3 Å². The van der Waals surface area contributed by atoms with E-state index < -0.39 is 12.2 Å². The van der Waals surface area contributed by atoms with Gasteiger partial charge in [-0.15, -0.1) is 0 Å². The van der Waals surface area contributed by atoms with E-state index in [1.807, 2.05) is 29.0 Å². The maximum Gasteiger partial charge on any atom is 0.598 e. The van der Waals surface area contributed by atoms with Gasteiger partial charge in [-0.25, -0.2) is 4.98 Å². The Bertz CT molecular complexity index is 992. The highest BCUT2D eigenvalue weighted by Crippen LogP contribution is 2.37. The minimum Gasteiger partial charge on any atom is -0.384 e. The summed E-state index contributed by atoms with van der Waals surface area (Å²) in [7, 11) is -0.392. The first-order valence-corrected chi connectivity index (χ1v) is 9.01. The topological polar surface area (TPSA) is 92.3 Å². The molecule has 146 valence electrons. The SMILES string of the molecule is CC1(C)OB(n2ccc3ccncc32)OC1(C)C.O=[N+]([O-])c1cccnc1Cl. The predicted octanol–water partition coefficient (Wildman–Crippen LogP) is 4.12. The van der Waals surface area contributed by atoms with Gasteiger partial charge in [-0.2, -0.15) is 0 Å². The van der Waals surface area contributed by atoms with E-state index >= 15 is 0 Å². The molecule has 3 aromatic rings. The Kier molecular flexibility index (Phi) is 5.42. The standard InChI is InChI=1S/C13H17BN2O2.C5H3ClN2O2/c1-12(2)13(3,4)18-14(17-12)16-8-6-10-5-7-15-9-11(10)16;6-5-4(8(9)10)2-1-3-7-5/h5-9H,1-4H3;1-3H. The summed E-state index contributed by atoms with van der Waals surface area (Å²) in [5.74, 6) is 0. The van der Waals surface area contributed by atoms with Crippen molar-refractivity contribution in [1.29, 1.82) is 0 Å². The Morgan fingerprint density at radius 3 is 2.39 bits per heavy atom. The van der Waals surface area contributed by atoms with Crippen LogP contribution in [0.2, 0.25) is 5.15 Å². The smallest absolute Gasteiger partial charge is 0.384 e. The van der Waals surface area contributed by atoms with Gasteiger partial charge in [-0.1, -0.05) is 11.6 Å². The van der Waals surface area contributed by atoms with E-state index in [2.05, 4.69) is 37.7 Å². The van der Waals surface area contributed by atoms with Gasteiger partial charge < -0.3 is 13.8 Å². The quantitative estimate of drug-likeness (QED) is 0.277. The minimum absolute atomic E-state index is 0.0764.